The molecule has 1 aliphatic heterocycles. The fraction of sp³-hybridized carbons (Fsp3) is 0.381. The smallest absolute Gasteiger partial charge is 0.243 e. The highest BCUT2D eigenvalue weighted by Crippen LogP contribution is 2.24. The summed E-state index contributed by atoms with van der Waals surface area (Å²) >= 11 is 0. The third kappa shape index (κ3) is 5.00. The minimum atomic E-state index is -3.66. The van der Waals surface area contributed by atoms with Crippen molar-refractivity contribution in [3.63, 3.8) is 0 Å². The molecule has 0 spiro atoms. The Morgan fingerprint density at radius 3 is 2.45 bits per heavy atom. The zero-order chi connectivity index (χ0) is 21.0. The number of rotatable bonds is 6. The molecule has 2 atom stereocenters. The van der Waals surface area contributed by atoms with Gasteiger partial charge in [-0.2, -0.15) is 4.31 Å². The lowest BCUT2D eigenvalue weighted by Gasteiger charge is -2.32. The van der Waals surface area contributed by atoms with Crippen molar-refractivity contribution in [1.29, 1.82) is 0 Å². The quantitative estimate of drug-likeness (QED) is 0.778. The van der Waals surface area contributed by atoms with Crippen molar-refractivity contribution in [2.24, 2.45) is 5.92 Å². The monoisotopic (exact) mass is 422 g/mol. The lowest BCUT2D eigenvalue weighted by atomic mass is 9.97. The summed E-state index contributed by atoms with van der Waals surface area (Å²) in [4.78, 5) is 12.9. The summed E-state index contributed by atoms with van der Waals surface area (Å²) in [5.41, 5.74) is -0.0720. The van der Waals surface area contributed by atoms with Crippen LogP contribution in [0.1, 0.15) is 25.3 Å². The molecule has 156 valence electrons. The predicted octanol–water partition coefficient (Wildman–Crippen LogP) is 3.11. The van der Waals surface area contributed by atoms with Gasteiger partial charge in [-0.05, 0) is 50.5 Å². The molecule has 0 radical (unpaired) electrons. The van der Waals surface area contributed by atoms with Gasteiger partial charge in [0.2, 0.25) is 15.9 Å². The van der Waals surface area contributed by atoms with Gasteiger partial charge in [-0.1, -0.05) is 24.3 Å². The maximum atomic E-state index is 13.8. The minimum absolute atomic E-state index is 0.0169. The predicted molar refractivity (Wildman–Crippen MR) is 106 cm³/mol. The molecule has 1 heterocycles. The van der Waals surface area contributed by atoms with Crippen molar-refractivity contribution < 1.29 is 22.0 Å². The Balaban J connectivity index is 1.64. The van der Waals surface area contributed by atoms with Gasteiger partial charge in [0.1, 0.15) is 11.6 Å². The maximum absolute atomic E-state index is 13.8. The largest absolute Gasteiger partial charge is 0.353 e. The molecule has 5 nitrogen and oxygen atoms in total. The number of nitrogens with zero attached hydrogens (tertiary/aromatic N) is 1. The number of piperidine rings is 1. The normalized spacial score (nSPS) is 18.9. The molecule has 2 aromatic rings. The fourth-order valence-electron chi connectivity index (χ4n) is 3.56. The molecule has 3 rings (SSSR count). The number of nitrogens with one attached hydrogen (secondary N) is 1. The van der Waals surface area contributed by atoms with Crippen LogP contribution in [0.25, 0.3) is 0 Å². The van der Waals surface area contributed by atoms with Gasteiger partial charge in [0, 0.05) is 24.7 Å². The second-order valence-electron chi connectivity index (χ2n) is 7.33. The van der Waals surface area contributed by atoms with Crippen molar-refractivity contribution in [3.8, 4) is 0 Å². The van der Waals surface area contributed by atoms with Crippen LogP contribution in [0.2, 0.25) is 0 Å². The van der Waals surface area contributed by atoms with E-state index in [9.17, 15) is 22.0 Å². The van der Waals surface area contributed by atoms with E-state index in [4.69, 9.17) is 0 Å². The Kier molecular flexibility index (Phi) is 6.64. The molecule has 1 fully saturated rings. The van der Waals surface area contributed by atoms with E-state index in [-0.39, 0.29) is 29.3 Å². The Morgan fingerprint density at radius 2 is 1.79 bits per heavy atom. The van der Waals surface area contributed by atoms with Crippen molar-refractivity contribution in [1.82, 2.24) is 9.62 Å². The first kappa shape index (κ1) is 21.4. The number of benzene rings is 2. The third-order valence-corrected chi connectivity index (χ3v) is 6.98. The highest BCUT2D eigenvalue weighted by molar-refractivity contribution is 7.89. The number of carbonyl (C=O) groups is 1. The molecule has 29 heavy (non-hydrogen) atoms. The SMILES string of the molecule is CC(Cc1c(F)cccc1F)NC(=O)C1CCCN(S(=O)(=O)c2ccccc2)C1. The second kappa shape index (κ2) is 9.00. The van der Waals surface area contributed by atoms with Crippen molar-refractivity contribution in [2.75, 3.05) is 13.1 Å². The van der Waals surface area contributed by atoms with Crippen LogP contribution in [0.3, 0.4) is 0 Å². The highest BCUT2D eigenvalue weighted by Gasteiger charge is 2.33. The van der Waals surface area contributed by atoms with Crippen LogP contribution in [0.5, 0.6) is 0 Å². The average molecular weight is 422 g/mol. The van der Waals surface area contributed by atoms with Crippen LogP contribution < -0.4 is 5.32 Å². The lowest BCUT2D eigenvalue weighted by Crippen LogP contribution is -2.47. The van der Waals surface area contributed by atoms with Crippen LogP contribution >= 0.6 is 0 Å². The van der Waals surface area contributed by atoms with E-state index in [1.165, 1.54) is 34.6 Å². The summed E-state index contributed by atoms with van der Waals surface area (Å²) in [5, 5.41) is 2.77. The summed E-state index contributed by atoms with van der Waals surface area (Å²) in [6, 6.07) is 11.3. The summed E-state index contributed by atoms with van der Waals surface area (Å²) in [5.74, 6) is -2.11. The van der Waals surface area contributed by atoms with Crippen LogP contribution in [-0.2, 0) is 21.2 Å². The van der Waals surface area contributed by atoms with E-state index in [2.05, 4.69) is 5.32 Å². The zero-order valence-corrected chi connectivity index (χ0v) is 17.0. The fourth-order valence-corrected chi connectivity index (χ4v) is 5.11. The standard InChI is InChI=1S/C21H24F2N2O3S/c1-15(13-18-19(22)10-5-11-20(18)23)24-21(26)16-7-6-12-25(14-16)29(27,28)17-8-3-2-4-9-17/h2-5,8-11,15-16H,6-7,12-14H2,1H3,(H,24,26). The molecule has 8 heteroatoms. The molecule has 0 aliphatic carbocycles. The Bertz CT molecular complexity index is 947. The molecule has 0 bridgehead atoms. The first-order valence-corrected chi connectivity index (χ1v) is 11.0. The minimum Gasteiger partial charge on any atom is -0.353 e. The summed E-state index contributed by atoms with van der Waals surface area (Å²) in [6.07, 6.45) is 1.15. The van der Waals surface area contributed by atoms with Crippen molar-refractivity contribution in [3.05, 3.63) is 65.7 Å². The van der Waals surface area contributed by atoms with Gasteiger partial charge in [0.25, 0.3) is 0 Å². The van der Waals surface area contributed by atoms with Crippen LogP contribution in [-0.4, -0.2) is 37.8 Å². The van der Waals surface area contributed by atoms with Gasteiger partial charge in [-0.15, -0.1) is 0 Å². The van der Waals surface area contributed by atoms with E-state index in [1.54, 1.807) is 25.1 Å². The highest BCUT2D eigenvalue weighted by atomic mass is 32.2. The molecule has 2 unspecified atom stereocenters. The van der Waals surface area contributed by atoms with Crippen LogP contribution in [0.15, 0.2) is 53.4 Å². The first-order chi connectivity index (χ1) is 13.8. The number of halogens is 2. The van der Waals surface area contributed by atoms with Gasteiger partial charge >= 0.3 is 0 Å². The first-order valence-electron chi connectivity index (χ1n) is 9.57. The van der Waals surface area contributed by atoms with E-state index in [1.807, 2.05) is 0 Å². The van der Waals surface area contributed by atoms with E-state index < -0.39 is 33.6 Å². The summed E-state index contributed by atoms with van der Waals surface area (Å²) < 4.78 is 54.6. The van der Waals surface area contributed by atoms with Gasteiger partial charge in [-0.25, -0.2) is 17.2 Å². The molecular weight excluding hydrogens is 398 g/mol. The van der Waals surface area contributed by atoms with Gasteiger partial charge in [0.15, 0.2) is 0 Å². The average Bonchev–Trinajstić information content (AvgIpc) is 2.71. The number of hydrogen-bond acceptors (Lipinski definition) is 3. The van der Waals surface area contributed by atoms with Gasteiger partial charge < -0.3 is 5.32 Å². The van der Waals surface area contributed by atoms with Gasteiger partial charge in [0.05, 0.1) is 10.8 Å². The van der Waals surface area contributed by atoms with Crippen LogP contribution in [0.4, 0.5) is 8.78 Å². The molecule has 1 aliphatic rings. The van der Waals surface area contributed by atoms with E-state index in [0.717, 1.165) is 0 Å². The van der Waals surface area contributed by atoms with E-state index >= 15 is 0 Å². The Hall–Kier alpha value is -2.32. The van der Waals surface area contributed by atoms with Crippen molar-refractivity contribution in [2.45, 2.75) is 37.1 Å². The molecular formula is C21H24F2N2O3S. The number of sulfonamides is 1. The summed E-state index contributed by atoms with van der Waals surface area (Å²) in [7, 11) is -3.66. The zero-order valence-electron chi connectivity index (χ0n) is 16.1. The molecule has 2 aromatic carbocycles. The molecule has 1 N–H and O–H groups in total. The van der Waals surface area contributed by atoms with Crippen molar-refractivity contribution >= 4 is 15.9 Å². The summed E-state index contributed by atoms with van der Waals surface area (Å²) in [6.45, 7) is 2.12. The van der Waals surface area contributed by atoms with Gasteiger partial charge in [-0.3, -0.25) is 4.79 Å². The molecule has 1 amide bonds. The third-order valence-electron chi connectivity index (χ3n) is 5.10. The number of amides is 1. The molecule has 1 saturated heterocycles. The van der Waals surface area contributed by atoms with E-state index in [0.29, 0.717) is 19.4 Å². The molecule has 0 aromatic heterocycles. The Morgan fingerprint density at radius 1 is 1.14 bits per heavy atom. The number of carbonyl (C=O) groups excluding carboxylic acids is 1. The topological polar surface area (TPSA) is 66.5 Å². The lowest BCUT2D eigenvalue weighted by molar-refractivity contribution is -0.126. The molecule has 0 saturated carbocycles. The van der Waals surface area contributed by atoms with Crippen LogP contribution in [0, 0.1) is 17.6 Å². The maximum Gasteiger partial charge on any atom is 0.243 e. The Labute approximate surface area is 169 Å². The second-order valence-corrected chi connectivity index (χ2v) is 9.27. The number of hydrogen-bond donors (Lipinski definition) is 1.